The lowest BCUT2D eigenvalue weighted by atomic mass is 10.1. The first-order chi connectivity index (χ1) is 13.1. The van der Waals surface area contributed by atoms with Crippen LogP contribution in [0.15, 0.2) is 54.6 Å². The number of benzene rings is 2. The molecule has 3 rings (SSSR count). The van der Waals surface area contributed by atoms with Crippen LogP contribution in [0.4, 0.5) is 5.69 Å². The highest BCUT2D eigenvalue weighted by Gasteiger charge is 2.25. The average Bonchev–Trinajstić information content (AvgIpc) is 3.47. The third-order valence-corrected chi connectivity index (χ3v) is 4.53. The van der Waals surface area contributed by atoms with Crippen molar-refractivity contribution in [1.82, 2.24) is 4.90 Å². The highest BCUT2D eigenvalue weighted by Crippen LogP contribution is 2.30. The molecule has 1 aliphatic carbocycles. The van der Waals surface area contributed by atoms with Gasteiger partial charge in [-0.25, -0.2) is 0 Å². The van der Waals surface area contributed by atoms with Crippen LogP contribution in [0.2, 0.25) is 0 Å². The van der Waals surface area contributed by atoms with E-state index in [4.69, 9.17) is 4.74 Å². The zero-order chi connectivity index (χ0) is 19.1. The number of esters is 1. The van der Waals surface area contributed by atoms with Gasteiger partial charge in [0, 0.05) is 24.3 Å². The third kappa shape index (κ3) is 6.22. The maximum atomic E-state index is 12.3. The summed E-state index contributed by atoms with van der Waals surface area (Å²) in [5.74, 6) is 0.376. The number of rotatable bonds is 9. The molecule has 0 atom stereocenters. The zero-order valence-corrected chi connectivity index (χ0v) is 15.7. The molecule has 1 N–H and O–H groups in total. The van der Waals surface area contributed by atoms with E-state index < -0.39 is 0 Å². The fourth-order valence-corrected chi connectivity index (χ4v) is 2.98. The molecular weight excluding hydrogens is 340 g/mol. The highest BCUT2D eigenvalue weighted by atomic mass is 16.5. The number of nitrogens with one attached hydrogen (secondary N) is 1. The van der Waals surface area contributed by atoms with Gasteiger partial charge in [-0.2, -0.15) is 0 Å². The lowest BCUT2D eigenvalue weighted by Gasteiger charge is -2.21. The standard InChI is InChI=1S/C22H26N2O3/c1-2-27-21(25)16-24(14-17-8-9-17)15-18-10-12-19(13-11-18)22(26)23-20-6-4-3-5-7-20/h3-7,10-13,17H,2,8-9,14-16H2,1H3,(H,23,26). The number of nitrogens with zero attached hydrogens (tertiary/aromatic N) is 1. The molecule has 0 heterocycles. The van der Waals surface area contributed by atoms with E-state index >= 15 is 0 Å². The van der Waals surface area contributed by atoms with Crippen molar-refractivity contribution in [3.8, 4) is 0 Å². The number of ether oxygens (including phenoxy) is 1. The van der Waals surface area contributed by atoms with Crippen molar-refractivity contribution in [2.75, 3.05) is 25.0 Å². The van der Waals surface area contributed by atoms with E-state index in [1.807, 2.05) is 61.5 Å². The van der Waals surface area contributed by atoms with Gasteiger partial charge >= 0.3 is 5.97 Å². The molecule has 1 fully saturated rings. The second-order valence-electron chi connectivity index (χ2n) is 6.94. The summed E-state index contributed by atoms with van der Waals surface area (Å²) in [4.78, 5) is 26.3. The van der Waals surface area contributed by atoms with Gasteiger partial charge in [-0.15, -0.1) is 0 Å². The van der Waals surface area contributed by atoms with E-state index in [1.165, 1.54) is 12.8 Å². The molecule has 0 bridgehead atoms. The van der Waals surface area contributed by atoms with Crippen LogP contribution in [-0.2, 0) is 16.1 Å². The van der Waals surface area contributed by atoms with Gasteiger partial charge in [-0.3, -0.25) is 14.5 Å². The monoisotopic (exact) mass is 366 g/mol. The summed E-state index contributed by atoms with van der Waals surface area (Å²) in [6.07, 6.45) is 2.47. The molecule has 0 aliphatic heterocycles. The second-order valence-corrected chi connectivity index (χ2v) is 6.94. The van der Waals surface area contributed by atoms with Crippen molar-refractivity contribution in [1.29, 1.82) is 0 Å². The minimum atomic E-state index is -0.183. The fourth-order valence-electron chi connectivity index (χ4n) is 2.98. The van der Waals surface area contributed by atoms with Crippen LogP contribution in [0.3, 0.4) is 0 Å². The lowest BCUT2D eigenvalue weighted by Crippen LogP contribution is -2.32. The number of amides is 1. The predicted octanol–water partition coefficient (Wildman–Crippen LogP) is 3.71. The van der Waals surface area contributed by atoms with Crippen molar-refractivity contribution in [3.63, 3.8) is 0 Å². The molecule has 0 aromatic heterocycles. The Kier molecular flexibility index (Phi) is 6.60. The molecule has 27 heavy (non-hydrogen) atoms. The van der Waals surface area contributed by atoms with E-state index in [-0.39, 0.29) is 11.9 Å². The number of anilines is 1. The fraction of sp³-hybridized carbons (Fsp3) is 0.364. The van der Waals surface area contributed by atoms with Crippen LogP contribution in [0, 0.1) is 5.92 Å². The van der Waals surface area contributed by atoms with E-state index in [1.54, 1.807) is 0 Å². The van der Waals surface area contributed by atoms with Crippen molar-refractivity contribution < 1.29 is 14.3 Å². The van der Waals surface area contributed by atoms with Gasteiger partial charge in [-0.1, -0.05) is 30.3 Å². The van der Waals surface area contributed by atoms with Crippen LogP contribution in [0.25, 0.3) is 0 Å². The zero-order valence-electron chi connectivity index (χ0n) is 15.7. The normalized spacial score (nSPS) is 13.4. The summed E-state index contributed by atoms with van der Waals surface area (Å²) in [6, 6.07) is 17.0. The Labute approximate surface area is 160 Å². The van der Waals surface area contributed by atoms with Crippen LogP contribution in [0.5, 0.6) is 0 Å². The summed E-state index contributed by atoms with van der Waals surface area (Å²) in [6.45, 7) is 4.12. The molecule has 5 heteroatoms. The molecule has 5 nitrogen and oxygen atoms in total. The largest absolute Gasteiger partial charge is 0.465 e. The summed E-state index contributed by atoms with van der Waals surface area (Å²) >= 11 is 0. The maximum Gasteiger partial charge on any atom is 0.320 e. The summed E-state index contributed by atoms with van der Waals surface area (Å²) in [7, 11) is 0. The lowest BCUT2D eigenvalue weighted by molar-refractivity contribution is -0.144. The molecule has 1 saturated carbocycles. The minimum Gasteiger partial charge on any atom is -0.465 e. The first kappa shape index (κ1) is 19.1. The SMILES string of the molecule is CCOC(=O)CN(Cc1ccc(C(=O)Nc2ccccc2)cc1)CC1CC1. The maximum absolute atomic E-state index is 12.3. The van der Waals surface area contributed by atoms with Crippen LogP contribution >= 0.6 is 0 Å². The number of carbonyl (C=O) groups excluding carboxylic acids is 2. The highest BCUT2D eigenvalue weighted by molar-refractivity contribution is 6.04. The van der Waals surface area contributed by atoms with E-state index in [2.05, 4.69) is 10.2 Å². The van der Waals surface area contributed by atoms with Gasteiger partial charge in [0.15, 0.2) is 0 Å². The van der Waals surface area contributed by atoms with Crippen molar-refractivity contribution >= 4 is 17.6 Å². The van der Waals surface area contributed by atoms with Gasteiger partial charge in [0.25, 0.3) is 5.91 Å². The average molecular weight is 366 g/mol. The van der Waals surface area contributed by atoms with Crippen molar-refractivity contribution in [2.45, 2.75) is 26.3 Å². The topological polar surface area (TPSA) is 58.6 Å². The summed E-state index contributed by atoms with van der Waals surface area (Å²) in [5, 5.41) is 2.88. The Hall–Kier alpha value is -2.66. The Morgan fingerprint density at radius 2 is 1.78 bits per heavy atom. The first-order valence-electron chi connectivity index (χ1n) is 9.47. The summed E-state index contributed by atoms with van der Waals surface area (Å²) < 4.78 is 5.09. The molecule has 1 amide bonds. The number of hydrogen-bond acceptors (Lipinski definition) is 4. The van der Waals surface area contributed by atoms with Crippen LogP contribution < -0.4 is 5.32 Å². The molecular formula is C22H26N2O3. The Balaban J connectivity index is 1.59. The van der Waals surface area contributed by atoms with E-state index in [0.29, 0.717) is 31.2 Å². The molecule has 0 spiro atoms. The van der Waals surface area contributed by atoms with Crippen molar-refractivity contribution in [2.24, 2.45) is 5.92 Å². The molecule has 2 aromatic carbocycles. The van der Waals surface area contributed by atoms with Gasteiger partial charge in [0.05, 0.1) is 13.2 Å². The smallest absolute Gasteiger partial charge is 0.320 e. The van der Waals surface area contributed by atoms with Crippen molar-refractivity contribution in [3.05, 3.63) is 65.7 Å². The molecule has 2 aromatic rings. The number of para-hydroxylation sites is 1. The Bertz CT molecular complexity index is 755. The Morgan fingerprint density at radius 3 is 2.41 bits per heavy atom. The first-order valence-corrected chi connectivity index (χ1v) is 9.47. The predicted molar refractivity (Wildman–Crippen MR) is 105 cm³/mol. The van der Waals surface area contributed by atoms with Crippen LogP contribution in [-0.4, -0.2) is 36.5 Å². The van der Waals surface area contributed by atoms with Crippen LogP contribution in [0.1, 0.15) is 35.7 Å². The van der Waals surface area contributed by atoms with E-state index in [0.717, 1.165) is 17.8 Å². The molecule has 0 unspecified atom stereocenters. The molecule has 142 valence electrons. The van der Waals surface area contributed by atoms with E-state index in [9.17, 15) is 9.59 Å². The van der Waals surface area contributed by atoms with Gasteiger partial charge in [0.1, 0.15) is 0 Å². The number of hydrogen-bond donors (Lipinski definition) is 1. The van der Waals surface area contributed by atoms with Gasteiger partial charge < -0.3 is 10.1 Å². The summed E-state index contributed by atoms with van der Waals surface area (Å²) in [5.41, 5.74) is 2.47. The molecule has 0 radical (unpaired) electrons. The molecule has 0 saturated heterocycles. The molecule has 1 aliphatic rings. The quantitative estimate of drug-likeness (QED) is 0.687. The second kappa shape index (κ2) is 9.33. The Morgan fingerprint density at radius 1 is 1.07 bits per heavy atom. The number of carbonyl (C=O) groups is 2. The minimum absolute atomic E-state index is 0.130. The van der Waals surface area contributed by atoms with Gasteiger partial charge in [0.2, 0.25) is 0 Å². The van der Waals surface area contributed by atoms with Gasteiger partial charge in [-0.05, 0) is 55.5 Å². The third-order valence-electron chi connectivity index (χ3n) is 4.53.